The molecule has 1 saturated carbocycles. The van der Waals surface area contributed by atoms with Gasteiger partial charge in [0, 0.05) is 12.2 Å². The second-order valence-electron chi connectivity index (χ2n) is 6.35. The predicted molar refractivity (Wildman–Crippen MR) is 98.0 cm³/mol. The number of nitrogens with one attached hydrogen (secondary N) is 2. The van der Waals surface area contributed by atoms with Crippen LogP contribution >= 0.6 is 0 Å². The molecule has 2 N–H and O–H groups in total. The number of anilines is 1. The highest BCUT2D eigenvalue weighted by molar-refractivity contribution is 5.99. The van der Waals surface area contributed by atoms with Crippen LogP contribution in [0.5, 0.6) is 11.5 Å². The SMILES string of the molecule is COc1ccc(CNC(=O)C2CC2C(=O)Nc2ccc(F)cc2)cc1OC. The molecule has 3 rings (SSSR count). The quantitative estimate of drug-likeness (QED) is 0.784. The maximum atomic E-state index is 12.9. The molecule has 142 valence electrons. The first kappa shape index (κ1) is 18.7. The lowest BCUT2D eigenvalue weighted by Crippen LogP contribution is -2.27. The lowest BCUT2D eigenvalue weighted by molar-refractivity contribution is -0.125. The van der Waals surface area contributed by atoms with Crippen LogP contribution in [0, 0.1) is 17.7 Å². The van der Waals surface area contributed by atoms with E-state index < -0.39 is 0 Å². The number of carbonyl (C=O) groups excluding carboxylic acids is 2. The molecule has 0 aromatic heterocycles. The zero-order valence-corrected chi connectivity index (χ0v) is 15.1. The molecule has 0 saturated heterocycles. The first-order valence-electron chi connectivity index (χ1n) is 8.57. The molecule has 7 heteroatoms. The van der Waals surface area contributed by atoms with Crippen molar-refractivity contribution in [3.8, 4) is 11.5 Å². The fourth-order valence-corrected chi connectivity index (χ4v) is 2.85. The summed E-state index contributed by atoms with van der Waals surface area (Å²) in [4.78, 5) is 24.5. The second-order valence-corrected chi connectivity index (χ2v) is 6.35. The minimum atomic E-state index is -0.369. The van der Waals surface area contributed by atoms with Crippen LogP contribution in [0.1, 0.15) is 12.0 Å². The molecular weight excluding hydrogens is 351 g/mol. The zero-order valence-electron chi connectivity index (χ0n) is 15.1. The van der Waals surface area contributed by atoms with Gasteiger partial charge in [-0.2, -0.15) is 0 Å². The van der Waals surface area contributed by atoms with Crippen molar-refractivity contribution in [3.05, 3.63) is 53.8 Å². The molecule has 0 bridgehead atoms. The van der Waals surface area contributed by atoms with Gasteiger partial charge >= 0.3 is 0 Å². The summed E-state index contributed by atoms with van der Waals surface area (Å²) in [5.41, 5.74) is 1.38. The molecule has 6 nitrogen and oxygen atoms in total. The molecule has 1 fully saturated rings. The van der Waals surface area contributed by atoms with Crippen molar-refractivity contribution in [2.75, 3.05) is 19.5 Å². The van der Waals surface area contributed by atoms with Crippen molar-refractivity contribution < 1.29 is 23.5 Å². The number of hydrogen-bond donors (Lipinski definition) is 2. The van der Waals surface area contributed by atoms with Crippen LogP contribution in [-0.4, -0.2) is 26.0 Å². The van der Waals surface area contributed by atoms with Crippen molar-refractivity contribution in [1.82, 2.24) is 5.32 Å². The maximum absolute atomic E-state index is 12.9. The van der Waals surface area contributed by atoms with E-state index in [1.54, 1.807) is 26.4 Å². The summed E-state index contributed by atoms with van der Waals surface area (Å²) in [6.45, 7) is 0.335. The summed E-state index contributed by atoms with van der Waals surface area (Å²) in [7, 11) is 3.11. The van der Waals surface area contributed by atoms with E-state index in [1.165, 1.54) is 24.3 Å². The van der Waals surface area contributed by atoms with Gasteiger partial charge in [-0.3, -0.25) is 9.59 Å². The van der Waals surface area contributed by atoms with E-state index in [2.05, 4.69) is 10.6 Å². The molecule has 1 aliphatic carbocycles. The number of benzene rings is 2. The van der Waals surface area contributed by atoms with Gasteiger partial charge in [0.2, 0.25) is 11.8 Å². The van der Waals surface area contributed by atoms with Gasteiger partial charge in [0.25, 0.3) is 0 Å². The molecule has 0 aliphatic heterocycles. The highest BCUT2D eigenvalue weighted by atomic mass is 19.1. The first-order chi connectivity index (χ1) is 13.0. The highest BCUT2D eigenvalue weighted by Gasteiger charge is 2.47. The Labute approximate surface area is 156 Å². The summed E-state index contributed by atoms with van der Waals surface area (Å²) in [5, 5.41) is 5.54. The highest BCUT2D eigenvalue weighted by Crippen LogP contribution is 2.39. The number of rotatable bonds is 7. The van der Waals surface area contributed by atoms with Crippen molar-refractivity contribution >= 4 is 17.5 Å². The Morgan fingerprint density at radius 3 is 2.33 bits per heavy atom. The van der Waals surface area contributed by atoms with Crippen molar-refractivity contribution in [3.63, 3.8) is 0 Å². The van der Waals surface area contributed by atoms with Crippen molar-refractivity contribution in [1.29, 1.82) is 0 Å². The van der Waals surface area contributed by atoms with Crippen molar-refractivity contribution in [2.45, 2.75) is 13.0 Å². The van der Waals surface area contributed by atoms with Gasteiger partial charge in [-0.1, -0.05) is 6.07 Å². The zero-order chi connectivity index (χ0) is 19.4. The molecule has 0 spiro atoms. The van der Waals surface area contributed by atoms with Gasteiger partial charge in [0.05, 0.1) is 26.1 Å². The average Bonchev–Trinajstić information content (AvgIpc) is 3.48. The van der Waals surface area contributed by atoms with Crippen LogP contribution in [0.15, 0.2) is 42.5 Å². The Morgan fingerprint density at radius 2 is 1.67 bits per heavy atom. The number of halogens is 1. The summed E-state index contributed by atoms with van der Waals surface area (Å²) in [5.74, 6) is -0.255. The van der Waals surface area contributed by atoms with Gasteiger partial charge in [-0.25, -0.2) is 4.39 Å². The van der Waals surface area contributed by atoms with E-state index in [-0.39, 0.29) is 29.5 Å². The summed E-state index contributed by atoms with van der Waals surface area (Å²) < 4.78 is 23.3. The molecule has 0 radical (unpaired) electrons. The molecule has 2 atom stereocenters. The summed E-state index contributed by atoms with van der Waals surface area (Å²) in [6, 6.07) is 10.9. The third kappa shape index (κ3) is 4.55. The fraction of sp³-hybridized carbons (Fsp3) is 0.300. The smallest absolute Gasteiger partial charge is 0.228 e. The first-order valence-corrected chi connectivity index (χ1v) is 8.57. The number of ether oxygens (including phenoxy) is 2. The third-order valence-electron chi connectivity index (χ3n) is 4.49. The minimum absolute atomic E-state index is 0.163. The predicted octanol–water partition coefficient (Wildman–Crippen LogP) is 2.73. The third-order valence-corrected chi connectivity index (χ3v) is 4.49. The lowest BCUT2D eigenvalue weighted by Gasteiger charge is -2.10. The Hall–Kier alpha value is -3.09. The molecule has 27 heavy (non-hydrogen) atoms. The van der Waals surface area contributed by atoms with Crippen LogP contribution < -0.4 is 20.1 Å². The van der Waals surface area contributed by atoms with Crippen LogP contribution in [-0.2, 0) is 16.1 Å². The van der Waals surface area contributed by atoms with Gasteiger partial charge in [0.1, 0.15) is 5.82 Å². The van der Waals surface area contributed by atoms with Crippen LogP contribution in [0.2, 0.25) is 0 Å². The van der Waals surface area contributed by atoms with E-state index in [0.717, 1.165) is 5.56 Å². The second kappa shape index (κ2) is 8.07. The molecular formula is C20H21FN2O4. The van der Waals surface area contributed by atoms with Gasteiger partial charge in [-0.05, 0) is 48.4 Å². The van der Waals surface area contributed by atoms with Crippen LogP contribution in [0.4, 0.5) is 10.1 Å². The Kier molecular flexibility index (Phi) is 5.59. The number of amides is 2. The number of hydrogen-bond acceptors (Lipinski definition) is 4. The van der Waals surface area contributed by atoms with E-state index in [4.69, 9.17) is 9.47 Å². The van der Waals surface area contributed by atoms with Gasteiger partial charge in [0.15, 0.2) is 11.5 Å². The molecule has 2 aromatic carbocycles. The minimum Gasteiger partial charge on any atom is -0.493 e. The molecule has 2 aromatic rings. The monoisotopic (exact) mass is 372 g/mol. The summed E-state index contributed by atoms with van der Waals surface area (Å²) in [6.07, 6.45) is 0.505. The van der Waals surface area contributed by atoms with Gasteiger partial charge in [-0.15, -0.1) is 0 Å². The van der Waals surface area contributed by atoms with Crippen molar-refractivity contribution in [2.24, 2.45) is 11.8 Å². The van der Waals surface area contributed by atoms with E-state index in [9.17, 15) is 14.0 Å². The topological polar surface area (TPSA) is 76.7 Å². The van der Waals surface area contributed by atoms with E-state index in [0.29, 0.717) is 30.2 Å². The average molecular weight is 372 g/mol. The Bertz CT molecular complexity index is 838. The molecule has 2 amide bonds. The standard InChI is InChI=1S/C20H21FN2O4/c1-26-17-8-3-12(9-18(17)27-2)11-22-19(24)15-10-16(15)20(25)23-14-6-4-13(21)5-7-14/h3-9,15-16H,10-11H2,1-2H3,(H,22,24)(H,23,25). The van der Waals surface area contributed by atoms with Gasteiger partial charge < -0.3 is 20.1 Å². The Balaban J connectivity index is 1.50. The molecule has 0 heterocycles. The van der Waals surface area contributed by atoms with Crippen LogP contribution in [0.25, 0.3) is 0 Å². The lowest BCUT2D eigenvalue weighted by atomic mass is 10.2. The maximum Gasteiger partial charge on any atom is 0.228 e. The summed E-state index contributed by atoms with van der Waals surface area (Å²) >= 11 is 0. The Morgan fingerprint density at radius 1 is 1.00 bits per heavy atom. The normalized spacial score (nSPS) is 17.7. The largest absolute Gasteiger partial charge is 0.493 e. The van der Waals surface area contributed by atoms with E-state index in [1.807, 2.05) is 6.07 Å². The molecule has 2 unspecified atom stereocenters. The van der Waals surface area contributed by atoms with E-state index >= 15 is 0 Å². The fourth-order valence-electron chi connectivity index (χ4n) is 2.85. The number of carbonyl (C=O) groups is 2. The van der Waals surface area contributed by atoms with Crippen LogP contribution in [0.3, 0.4) is 0 Å². The molecule has 1 aliphatic rings. The number of methoxy groups -OCH3 is 2.